The fourth-order valence-electron chi connectivity index (χ4n) is 4.75. The Kier molecular flexibility index (Phi) is 7.30. The smallest absolute Gasteiger partial charge is 0.228 e. The Morgan fingerprint density at radius 1 is 0.943 bits per heavy atom. The van der Waals surface area contributed by atoms with Gasteiger partial charge in [-0.1, -0.05) is 0 Å². The summed E-state index contributed by atoms with van der Waals surface area (Å²) in [6, 6.07) is 13.1. The van der Waals surface area contributed by atoms with Crippen LogP contribution in [-0.4, -0.2) is 70.8 Å². The maximum Gasteiger partial charge on any atom is 0.228 e. The van der Waals surface area contributed by atoms with E-state index in [2.05, 4.69) is 11.0 Å². The largest absolute Gasteiger partial charge is 0.493 e. The second kappa shape index (κ2) is 10.6. The lowest BCUT2D eigenvalue weighted by Crippen LogP contribution is -2.40. The monoisotopic (exact) mass is 478 g/mol. The van der Waals surface area contributed by atoms with E-state index < -0.39 is 5.92 Å². The summed E-state index contributed by atoms with van der Waals surface area (Å²) in [5.74, 6) is 0.874. The molecule has 2 heterocycles. The third kappa shape index (κ3) is 4.97. The highest BCUT2D eigenvalue weighted by atomic mass is 16.5. The van der Waals surface area contributed by atoms with Gasteiger partial charge in [-0.15, -0.1) is 0 Å². The van der Waals surface area contributed by atoms with Crippen molar-refractivity contribution in [2.24, 2.45) is 5.92 Å². The quantitative estimate of drug-likeness (QED) is 0.630. The highest BCUT2D eigenvalue weighted by molar-refractivity contribution is 6.00. The van der Waals surface area contributed by atoms with Crippen LogP contribution >= 0.6 is 0 Å². The molecule has 2 aromatic rings. The Morgan fingerprint density at radius 3 is 2.23 bits per heavy atom. The van der Waals surface area contributed by atoms with E-state index in [4.69, 9.17) is 19.5 Å². The molecule has 0 saturated carbocycles. The molecule has 2 aliphatic rings. The molecule has 2 aromatic carbocycles. The Bertz CT molecular complexity index is 1100. The van der Waals surface area contributed by atoms with Gasteiger partial charge in [-0.25, -0.2) is 0 Å². The number of nitriles is 1. The first-order valence-corrected chi connectivity index (χ1v) is 11.6. The summed E-state index contributed by atoms with van der Waals surface area (Å²) in [7, 11) is 4.58. The van der Waals surface area contributed by atoms with Crippen molar-refractivity contribution in [2.75, 3.05) is 63.9 Å². The molecule has 1 atom stereocenters. The summed E-state index contributed by atoms with van der Waals surface area (Å²) in [4.78, 5) is 32.0. The van der Waals surface area contributed by atoms with Gasteiger partial charge in [0.2, 0.25) is 17.6 Å². The van der Waals surface area contributed by atoms with Crippen molar-refractivity contribution in [1.82, 2.24) is 4.90 Å². The van der Waals surface area contributed by atoms with Gasteiger partial charge in [-0.2, -0.15) is 5.26 Å². The number of rotatable bonds is 6. The van der Waals surface area contributed by atoms with Gasteiger partial charge in [0.25, 0.3) is 0 Å². The average molecular weight is 479 g/mol. The Hall–Kier alpha value is -3.93. The molecule has 2 aliphatic heterocycles. The number of carbonyl (C=O) groups is 2. The molecule has 0 aliphatic carbocycles. The van der Waals surface area contributed by atoms with Crippen molar-refractivity contribution in [3.05, 3.63) is 42.0 Å². The normalized spacial score (nSPS) is 18.2. The van der Waals surface area contributed by atoms with E-state index in [0.717, 1.165) is 18.7 Å². The van der Waals surface area contributed by atoms with Crippen molar-refractivity contribution in [1.29, 1.82) is 5.26 Å². The number of anilines is 2. The number of methoxy groups -OCH3 is 3. The molecule has 35 heavy (non-hydrogen) atoms. The number of amides is 2. The number of hydrogen-bond donors (Lipinski definition) is 0. The van der Waals surface area contributed by atoms with E-state index in [0.29, 0.717) is 54.7 Å². The van der Waals surface area contributed by atoms with E-state index in [1.807, 2.05) is 29.2 Å². The molecule has 0 N–H and O–H groups in total. The zero-order valence-corrected chi connectivity index (χ0v) is 20.3. The van der Waals surface area contributed by atoms with Crippen LogP contribution < -0.4 is 24.0 Å². The minimum atomic E-state index is -0.400. The van der Waals surface area contributed by atoms with Gasteiger partial charge in [0.1, 0.15) is 0 Å². The van der Waals surface area contributed by atoms with Crippen LogP contribution in [0.4, 0.5) is 11.4 Å². The van der Waals surface area contributed by atoms with Crippen LogP contribution in [0.2, 0.25) is 0 Å². The number of carbonyl (C=O) groups excluding carboxylic acids is 2. The van der Waals surface area contributed by atoms with Gasteiger partial charge >= 0.3 is 0 Å². The van der Waals surface area contributed by atoms with E-state index >= 15 is 0 Å². The molecule has 4 rings (SSSR count). The summed E-state index contributed by atoms with van der Waals surface area (Å²) in [5.41, 5.74) is 2.29. The van der Waals surface area contributed by atoms with E-state index in [9.17, 15) is 9.59 Å². The Labute approximate surface area is 205 Å². The highest BCUT2D eigenvalue weighted by Gasteiger charge is 2.38. The molecule has 9 nitrogen and oxygen atoms in total. The third-order valence-electron chi connectivity index (χ3n) is 6.60. The van der Waals surface area contributed by atoms with Gasteiger partial charge in [0, 0.05) is 57.0 Å². The van der Waals surface area contributed by atoms with Crippen LogP contribution in [-0.2, 0) is 9.59 Å². The SMILES string of the molecule is COc1cc(N2CC(C(=O)N3CCCN(c4ccc(C#N)cc4)CC3)CC2=O)cc(OC)c1OC. The topological polar surface area (TPSA) is 95.3 Å². The number of hydrogen-bond acceptors (Lipinski definition) is 7. The summed E-state index contributed by atoms with van der Waals surface area (Å²) in [6.07, 6.45) is 1.01. The van der Waals surface area contributed by atoms with Gasteiger partial charge in [-0.05, 0) is 30.7 Å². The fraction of sp³-hybridized carbons (Fsp3) is 0.423. The van der Waals surface area contributed by atoms with Crippen LogP contribution in [0.5, 0.6) is 17.2 Å². The van der Waals surface area contributed by atoms with Crippen LogP contribution in [0.1, 0.15) is 18.4 Å². The van der Waals surface area contributed by atoms with E-state index in [-0.39, 0.29) is 18.2 Å². The average Bonchev–Trinajstić information content (AvgIpc) is 3.12. The number of benzene rings is 2. The highest BCUT2D eigenvalue weighted by Crippen LogP contribution is 2.42. The van der Waals surface area contributed by atoms with Gasteiger partial charge < -0.3 is 28.9 Å². The minimum Gasteiger partial charge on any atom is -0.493 e. The molecular weight excluding hydrogens is 448 g/mol. The summed E-state index contributed by atoms with van der Waals surface area (Å²) < 4.78 is 16.2. The number of nitrogens with zero attached hydrogens (tertiary/aromatic N) is 4. The summed E-state index contributed by atoms with van der Waals surface area (Å²) >= 11 is 0. The van der Waals surface area contributed by atoms with Crippen molar-refractivity contribution in [3.63, 3.8) is 0 Å². The van der Waals surface area contributed by atoms with E-state index in [1.54, 1.807) is 17.0 Å². The standard InChI is InChI=1S/C26H30N4O5/c1-33-22-14-21(15-23(34-2)25(22)35-3)30-17-19(13-24(30)31)26(32)29-10-4-9-28(11-12-29)20-7-5-18(16-27)6-8-20/h5-8,14-15,19H,4,9-13,17H2,1-3H3. The van der Waals surface area contributed by atoms with Gasteiger partial charge in [0.15, 0.2) is 11.5 Å². The molecular formula is C26H30N4O5. The molecule has 9 heteroatoms. The molecule has 0 radical (unpaired) electrons. The van der Waals surface area contributed by atoms with Crippen molar-refractivity contribution in [3.8, 4) is 23.3 Å². The predicted octanol–water partition coefficient (Wildman–Crippen LogP) is 2.68. The minimum absolute atomic E-state index is 0.00923. The second-order valence-electron chi connectivity index (χ2n) is 8.61. The molecule has 0 bridgehead atoms. The van der Waals surface area contributed by atoms with Crippen LogP contribution in [0.15, 0.2) is 36.4 Å². The zero-order chi connectivity index (χ0) is 24.9. The lowest BCUT2D eigenvalue weighted by Gasteiger charge is -2.25. The fourth-order valence-corrected chi connectivity index (χ4v) is 4.75. The number of ether oxygens (including phenoxy) is 3. The van der Waals surface area contributed by atoms with Crippen molar-refractivity contribution in [2.45, 2.75) is 12.8 Å². The molecule has 0 spiro atoms. The molecule has 2 amide bonds. The maximum absolute atomic E-state index is 13.4. The molecule has 0 aromatic heterocycles. The second-order valence-corrected chi connectivity index (χ2v) is 8.61. The van der Waals surface area contributed by atoms with E-state index in [1.165, 1.54) is 21.3 Å². The van der Waals surface area contributed by atoms with Gasteiger partial charge in [0.05, 0.1) is 44.6 Å². The molecule has 2 saturated heterocycles. The van der Waals surface area contributed by atoms with Gasteiger partial charge in [-0.3, -0.25) is 9.59 Å². The predicted molar refractivity (Wildman–Crippen MR) is 131 cm³/mol. The lowest BCUT2D eigenvalue weighted by molar-refractivity contribution is -0.135. The first-order chi connectivity index (χ1) is 17.0. The van der Waals surface area contributed by atoms with Crippen LogP contribution in [0.25, 0.3) is 0 Å². The van der Waals surface area contributed by atoms with Crippen molar-refractivity contribution < 1.29 is 23.8 Å². The Balaban J connectivity index is 1.44. The van der Waals surface area contributed by atoms with Crippen LogP contribution in [0.3, 0.4) is 0 Å². The molecule has 2 fully saturated rings. The molecule has 1 unspecified atom stereocenters. The zero-order valence-electron chi connectivity index (χ0n) is 20.3. The third-order valence-corrected chi connectivity index (χ3v) is 6.60. The maximum atomic E-state index is 13.4. The first-order valence-electron chi connectivity index (χ1n) is 11.6. The summed E-state index contributed by atoms with van der Waals surface area (Å²) in [5, 5.41) is 9.02. The van der Waals surface area contributed by atoms with Crippen LogP contribution in [0, 0.1) is 17.2 Å². The lowest BCUT2D eigenvalue weighted by atomic mass is 10.1. The van der Waals surface area contributed by atoms with Crippen molar-refractivity contribution >= 4 is 23.2 Å². The Morgan fingerprint density at radius 2 is 1.63 bits per heavy atom. The first kappa shape index (κ1) is 24.2. The summed E-state index contributed by atoms with van der Waals surface area (Å²) in [6.45, 7) is 3.09. The molecule has 184 valence electrons.